The first-order chi connectivity index (χ1) is 11.7. The van der Waals surface area contributed by atoms with E-state index in [1.54, 1.807) is 10.7 Å². The minimum Gasteiger partial charge on any atom is -0.365 e. The number of nitrogens with zero attached hydrogens (tertiary/aromatic N) is 3. The first-order valence-electron chi connectivity index (χ1n) is 8.88. The van der Waals surface area contributed by atoms with Crippen molar-refractivity contribution in [1.82, 2.24) is 20.0 Å². The Morgan fingerprint density at radius 3 is 2.83 bits per heavy atom. The van der Waals surface area contributed by atoms with Crippen molar-refractivity contribution in [3.05, 3.63) is 27.7 Å². The standard InChI is InChI=1S/C17H24N4O3/c22-16-11-24-14(6-18-16)10-20-7-12(8-20)9-21-17(23)5-13-3-1-2-4-15(13)19-21/h5,12,14H,1-4,6-11H2,(H,18,22). The second kappa shape index (κ2) is 6.64. The molecule has 1 aromatic rings. The summed E-state index contributed by atoms with van der Waals surface area (Å²) in [6.45, 7) is 4.20. The average Bonchev–Trinajstić information content (AvgIpc) is 2.55. The van der Waals surface area contributed by atoms with Crippen LogP contribution in [0.25, 0.3) is 0 Å². The number of hydrogen-bond donors (Lipinski definition) is 1. The summed E-state index contributed by atoms with van der Waals surface area (Å²) in [6, 6.07) is 1.79. The number of rotatable bonds is 4. The van der Waals surface area contributed by atoms with Gasteiger partial charge in [-0.1, -0.05) is 0 Å². The second-order valence-electron chi connectivity index (χ2n) is 7.17. The van der Waals surface area contributed by atoms with Crippen LogP contribution in [0.4, 0.5) is 0 Å². The van der Waals surface area contributed by atoms with Gasteiger partial charge in [0.15, 0.2) is 0 Å². The van der Waals surface area contributed by atoms with Crippen LogP contribution in [0.5, 0.6) is 0 Å². The van der Waals surface area contributed by atoms with Crippen molar-refractivity contribution in [1.29, 1.82) is 0 Å². The van der Waals surface area contributed by atoms with Crippen molar-refractivity contribution in [3.8, 4) is 0 Å². The van der Waals surface area contributed by atoms with Gasteiger partial charge >= 0.3 is 0 Å². The fourth-order valence-electron chi connectivity index (χ4n) is 3.85. The molecule has 0 bridgehead atoms. The van der Waals surface area contributed by atoms with Gasteiger partial charge in [-0.05, 0) is 31.2 Å². The van der Waals surface area contributed by atoms with E-state index in [1.165, 1.54) is 12.8 Å². The molecular formula is C17H24N4O3. The summed E-state index contributed by atoms with van der Waals surface area (Å²) in [5.74, 6) is 0.431. The molecule has 7 heteroatoms. The van der Waals surface area contributed by atoms with Gasteiger partial charge < -0.3 is 10.1 Å². The molecule has 1 unspecified atom stereocenters. The Balaban J connectivity index is 1.29. The third-order valence-corrected chi connectivity index (χ3v) is 5.18. The normalized spacial score (nSPS) is 25.0. The smallest absolute Gasteiger partial charge is 0.267 e. The van der Waals surface area contributed by atoms with Gasteiger partial charge in [-0.15, -0.1) is 0 Å². The van der Waals surface area contributed by atoms with E-state index in [-0.39, 0.29) is 24.2 Å². The molecule has 7 nitrogen and oxygen atoms in total. The first kappa shape index (κ1) is 15.8. The fraction of sp³-hybridized carbons (Fsp3) is 0.706. The maximum Gasteiger partial charge on any atom is 0.267 e. The Bertz CT molecular complexity index is 671. The number of fused-ring (bicyclic) bond motifs is 1. The van der Waals surface area contributed by atoms with E-state index in [4.69, 9.17) is 4.74 Å². The van der Waals surface area contributed by atoms with Crippen molar-refractivity contribution < 1.29 is 9.53 Å². The lowest BCUT2D eigenvalue weighted by molar-refractivity contribution is -0.134. The highest BCUT2D eigenvalue weighted by atomic mass is 16.5. The summed E-state index contributed by atoms with van der Waals surface area (Å²) in [6.07, 6.45) is 4.41. The number of ether oxygens (including phenoxy) is 1. The number of aryl methyl sites for hydroxylation is 2. The highest BCUT2D eigenvalue weighted by molar-refractivity contribution is 5.77. The molecule has 0 aromatic carbocycles. The Hall–Kier alpha value is -1.73. The molecule has 130 valence electrons. The predicted molar refractivity (Wildman–Crippen MR) is 87.8 cm³/mol. The van der Waals surface area contributed by atoms with Crippen molar-refractivity contribution in [3.63, 3.8) is 0 Å². The Kier molecular flexibility index (Phi) is 4.37. The summed E-state index contributed by atoms with van der Waals surface area (Å²) < 4.78 is 7.17. The Labute approximate surface area is 141 Å². The lowest BCUT2D eigenvalue weighted by Gasteiger charge is -2.41. The van der Waals surface area contributed by atoms with Gasteiger partial charge in [0.1, 0.15) is 6.61 Å². The third kappa shape index (κ3) is 3.37. The predicted octanol–water partition coefficient (Wildman–Crippen LogP) is -0.431. The molecule has 0 radical (unpaired) electrons. The van der Waals surface area contributed by atoms with Crippen LogP contribution in [0.2, 0.25) is 0 Å². The minimum atomic E-state index is -0.0365. The lowest BCUT2D eigenvalue weighted by Crippen LogP contribution is -2.55. The number of amides is 1. The van der Waals surface area contributed by atoms with Gasteiger partial charge in [-0.3, -0.25) is 14.5 Å². The molecule has 1 N–H and O–H groups in total. The third-order valence-electron chi connectivity index (χ3n) is 5.18. The largest absolute Gasteiger partial charge is 0.365 e. The molecule has 2 fully saturated rings. The van der Waals surface area contributed by atoms with E-state index >= 15 is 0 Å². The summed E-state index contributed by atoms with van der Waals surface area (Å²) in [5, 5.41) is 7.42. The summed E-state index contributed by atoms with van der Waals surface area (Å²) in [7, 11) is 0. The maximum absolute atomic E-state index is 12.2. The molecule has 4 rings (SSSR count). The van der Waals surface area contributed by atoms with E-state index in [2.05, 4.69) is 15.3 Å². The van der Waals surface area contributed by atoms with E-state index in [9.17, 15) is 9.59 Å². The zero-order valence-electron chi connectivity index (χ0n) is 13.9. The first-order valence-corrected chi connectivity index (χ1v) is 8.88. The molecule has 1 amide bonds. The molecule has 0 spiro atoms. The van der Waals surface area contributed by atoms with Crippen molar-refractivity contribution in [2.75, 3.05) is 32.8 Å². The average molecular weight is 332 g/mol. The zero-order chi connectivity index (χ0) is 16.5. The van der Waals surface area contributed by atoms with Crippen LogP contribution in [0.15, 0.2) is 10.9 Å². The van der Waals surface area contributed by atoms with E-state index < -0.39 is 0 Å². The molecule has 3 aliphatic rings. The number of likely N-dealkylation sites (tertiary alicyclic amines) is 1. The maximum atomic E-state index is 12.2. The molecule has 3 heterocycles. The number of carbonyl (C=O) groups is 1. The topological polar surface area (TPSA) is 76.5 Å². The van der Waals surface area contributed by atoms with Crippen LogP contribution >= 0.6 is 0 Å². The van der Waals surface area contributed by atoms with Gasteiger partial charge in [-0.2, -0.15) is 5.10 Å². The zero-order valence-corrected chi connectivity index (χ0v) is 13.9. The molecular weight excluding hydrogens is 308 g/mol. The fourth-order valence-corrected chi connectivity index (χ4v) is 3.85. The van der Waals surface area contributed by atoms with Crippen LogP contribution in [0, 0.1) is 5.92 Å². The summed E-state index contributed by atoms with van der Waals surface area (Å²) in [4.78, 5) is 25.6. The minimum absolute atomic E-state index is 0.0347. The Morgan fingerprint density at radius 2 is 2.04 bits per heavy atom. The van der Waals surface area contributed by atoms with Gasteiger partial charge in [-0.25, -0.2) is 4.68 Å². The molecule has 2 aliphatic heterocycles. The lowest BCUT2D eigenvalue weighted by atomic mass is 9.96. The summed E-state index contributed by atoms with van der Waals surface area (Å²) >= 11 is 0. The number of carbonyl (C=O) groups excluding carboxylic acids is 1. The van der Waals surface area contributed by atoms with Gasteiger partial charge in [0.25, 0.3) is 5.56 Å². The Morgan fingerprint density at radius 1 is 1.21 bits per heavy atom. The molecule has 0 saturated carbocycles. The second-order valence-corrected chi connectivity index (χ2v) is 7.17. The SMILES string of the molecule is O=C1COC(CN2CC(Cn3nc4c(cc3=O)CCCC4)C2)CN1. The van der Waals surface area contributed by atoms with Crippen LogP contribution in [0.3, 0.4) is 0 Å². The van der Waals surface area contributed by atoms with Gasteiger partial charge in [0.05, 0.1) is 18.3 Å². The summed E-state index contributed by atoms with van der Waals surface area (Å²) in [5.41, 5.74) is 2.30. The van der Waals surface area contributed by atoms with Gasteiger partial charge in [0, 0.05) is 38.2 Å². The highest BCUT2D eigenvalue weighted by Gasteiger charge is 2.31. The molecule has 2 saturated heterocycles. The van der Waals surface area contributed by atoms with E-state index in [0.717, 1.165) is 43.7 Å². The van der Waals surface area contributed by atoms with E-state index in [1.807, 2.05) is 0 Å². The monoisotopic (exact) mass is 332 g/mol. The van der Waals surface area contributed by atoms with Crippen LogP contribution in [-0.4, -0.2) is 59.5 Å². The number of aromatic nitrogens is 2. The van der Waals surface area contributed by atoms with Crippen molar-refractivity contribution >= 4 is 5.91 Å². The van der Waals surface area contributed by atoms with Crippen LogP contribution < -0.4 is 10.9 Å². The molecule has 1 aromatic heterocycles. The molecule has 1 aliphatic carbocycles. The number of morpholine rings is 1. The highest BCUT2D eigenvalue weighted by Crippen LogP contribution is 2.20. The van der Waals surface area contributed by atoms with Crippen molar-refractivity contribution in [2.24, 2.45) is 5.92 Å². The van der Waals surface area contributed by atoms with Crippen molar-refractivity contribution in [2.45, 2.75) is 38.3 Å². The van der Waals surface area contributed by atoms with Gasteiger partial charge in [0.2, 0.25) is 5.91 Å². The molecule has 24 heavy (non-hydrogen) atoms. The number of nitrogens with one attached hydrogen (secondary N) is 1. The van der Waals surface area contributed by atoms with E-state index in [0.29, 0.717) is 19.0 Å². The van der Waals surface area contributed by atoms with Crippen LogP contribution in [0.1, 0.15) is 24.1 Å². The molecule has 1 atom stereocenters. The number of hydrogen-bond acceptors (Lipinski definition) is 5. The van der Waals surface area contributed by atoms with Crippen LogP contribution in [-0.2, 0) is 28.9 Å². The quantitative estimate of drug-likeness (QED) is 0.810.